The standard InChI is InChI=1S/C12H17N3O7S/c1-3-19-12(16)7-4-15(14-13-7)8-5-20-11-9(6-21-10(8)11)22-23(2,17)18/h4,8-11H,3,5-6H2,1-2H3/t8-,9-,10+,11+/m0/s1. The van der Waals surface area contributed by atoms with Crippen LogP contribution in [0.2, 0.25) is 0 Å². The highest BCUT2D eigenvalue weighted by molar-refractivity contribution is 7.86. The predicted molar refractivity (Wildman–Crippen MR) is 74.2 cm³/mol. The lowest BCUT2D eigenvalue weighted by atomic mass is 10.1. The molecule has 2 aliphatic rings. The normalized spacial score (nSPS) is 30.3. The average Bonchev–Trinajstić information content (AvgIpc) is 3.14. The lowest BCUT2D eigenvalue weighted by Crippen LogP contribution is -2.33. The van der Waals surface area contributed by atoms with Crippen LogP contribution in [0.3, 0.4) is 0 Å². The second-order valence-corrected chi connectivity index (χ2v) is 6.91. The van der Waals surface area contributed by atoms with Crippen molar-refractivity contribution in [1.29, 1.82) is 0 Å². The molecule has 0 amide bonds. The van der Waals surface area contributed by atoms with Crippen molar-refractivity contribution in [2.24, 2.45) is 0 Å². The molecule has 0 aliphatic carbocycles. The van der Waals surface area contributed by atoms with Crippen LogP contribution < -0.4 is 0 Å². The number of hydrogen-bond acceptors (Lipinski definition) is 9. The van der Waals surface area contributed by atoms with Gasteiger partial charge in [0.15, 0.2) is 5.69 Å². The summed E-state index contributed by atoms with van der Waals surface area (Å²) in [4.78, 5) is 11.6. The summed E-state index contributed by atoms with van der Waals surface area (Å²) in [6.07, 6.45) is 0.828. The Morgan fingerprint density at radius 1 is 1.39 bits per heavy atom. The van der Waals surface area contributed by atoms with Crippen molar-refractivity contribution >= 4 is 16.1 Å². The highest BCUT2D eigenvalue weighted by atomic mass is 32.2. The van der Waals surface area contributed by atoms with Crippen molar-refractivity contribution < 1.29 is 31.6 Å². The fraction of sp³-hybridized carbons (Fsp3) is 0.750. The van der Waals surface area contributed by atoms with Gasteiger partial charge in [-0.25, -0.2) is 9.48 Å². The molecule has 10 nitrogen and oxygen atoms in total. The van der Waals surface area contributed by atoms with Crippen LogP contribution in [0.4, 0.5) is 0 Å². The maximum atomic E-state index is 11.6. The minimum atomic E-state index is -3.60. The van der Waals surface area contributed by atoms with Gasteiger partial charge >= 0.3 is 5.97 Å². The average molecular weight is 347 g/mol. The van der Waals surface area contributed by atoms with Crippen LogP contribution in [-0.4, -0.2) is 73.8 Å². The smallest absolute Gasteiger partial charge is 0.360 e. The van der Waals surface area contributed by atoms with E-state index in [1.807, 2.05) is 0 Å². The van der Waals surface area contributed by atoms with E-state index >= 15 is 0 Å². The van der Waals surface area contributed by atoms with Crippen molar-refractivity contribution in [2.75, 3.05) is 26.1 Å². The first-order valence-corrected chi connectivity index (χ1v) is 8.91. The Kier molecular flexibility index (Phi) is 4.36. The van der Waals surface area contributed by atoms with Gasteiger partial charge in [0.25, 0.3) is 10.1 Å². The molecule has 23 heavy (non-hydrogen) atoms. The van der Waals surface area contributed by atoms with E-state index in [1.165, 1.54) is 10.9 Å². The molecule has 4 atom stereocenters. The maximum Gasteiger partial charge on any atom is 0.360 e. The van der Waals surface area contributed by atoms with Crippen LogP contribution in [0, 0.1) is 0 Å². The van der Waals surface area contributed by atoms with Crippen LogP contribution in [-0.2, 0) is 28.5 Å². The summed E-state index contributed by atoms with van der Waals surface area (Å²) in [5.41, 5.74) is 0.0947. The molecule has 2 aliphatic heterocycles. The van der Waals surface area contributed by atoms with Crippen molar-refractivity contribution in [3.63, 3.8) is 0 Å². The van der Waals surface area contributed by atoms with E-state index in [-0.39, 0.29) is 31.6 Å². The van der Waals surface area contributed by atoms with Gasteiger partial charge in [-0.3, -0.25) is 4.18 Å². The van der Waals surface area contributed by atoms with E-state index in [1.54, 1.807) is 6.92 Å². The molecule has 3 rings (SSSR count). The van der Waals surface area contributed by atoms with E-state index in [0.29, 0.717) is 0 Å². The van der Waals surface area contributed by atoms with Crippen molar-refractivity contribution in [2.45, 2.75) is 31.3 Å². The largest absolute Gasteiger partial charge is 0.461 e. The molecule has 0 bridgehead atoms. The molecule has 2 saturated heterocycles. The van der Waals surface area contributed by atoms with Crippen LogP contribution in [0.5, 0.6) is 0 Å². The van der Waals surface area contributed by atoms with Crippen LogP contribution in [0.25, 0.3) is 0 Å². The van der Waals surface area contributed by atoms with Gasteiger partial charge < -0.3 is 14.2 Å². The van der Waals surface area contributed by atoms with Crippen LogP contribution in [0.15, 0.2) is 6.20 Å². The Balaban J connectivity index is 1.71. The lowest BCUT2D eigenvalue weighted by Gasteiger charge is -2.15. The quantitative estimate of drug-likeness (QED) is 0.495. The summed E-state index contributed by atoms with van der Waals surface area (Å²) in [5, 5.41) is 7.68. The monoisotopic (exact) mass is 347 g/mol. The SMILES string of the molecule is CCOC(=O)c1cn([C@H]2CO[C@H]3[C@@H]2OC[C@@H]3OS(C)(=O)=O)nn1. The molecule has 128 valence electrons. The molecule has 1 aromatic heterocycles. The van der Waals surface area contributed by atoms with Gasteiger partial charge in [0.05, 0.1) is 32.3 Å². The second kappa shape index (κ2) is 6.15. The highest BCUT2D eigenvalue weighted by Crippen LogP contribution is 2.35. The number of carbonyl (C=O) groups excluding carboxylic acids is 1. The molecule has 0 spiro atoms. The third kappa shape index (κ3) is 3.37. The fourth-order valence-corrected chi connectivity index (χ4v) is 3.33. The number of aromatic nitrogens is 3. The van der Waals surface area contributed by atoms with Gasteiger partial charge in [-0.1, -0.05) is 5.21 Å². The first-order valence-electron chi connectivity index (χ1n) is 7.09. The summed E-state index contributed by atoms with van der Waals surface area (Å²) >= 11 is 0. The van der Waals surface area contributed by atoms with Gasteiger partial charge in [0.2, 0.25) is 0 Å². The minimum absolute atomic E-state index is 0.0947. The first-order chi connectivity index (χ1) is 10.9. The van der Waals surface area contributed by atoms with Gasteiger partial charge in [-0.15, -0.1) is 5.10 Å². The second-order valence-electron chi connectivity index (χ2n) is 5.31. The molecule has 1 aromatic rings. The summed E-state index contributed by atoms with van der Waals surface area (Å²) in [5.74, 6) is -0.556. The van der Waals surface area contributed by atoms with Gasteiger partial charge in [-0.05, 0) is 6.92 Å². The Hall–Kier alpha value is -1.56. The molecule has 3 heterocycles. The molecular formula is C12H17N3O7S. The zero-order chi connectivity index (χ0) is 16.6. The van der Waals surface area contributed by atoms with Crippen molar-refractivity contribution in [1.82, 2.24) is 15.0 Å². The van der Waals surface area contributed by atoms with E-state index < -0.39 is 34.4 Å². The number of ether oxygens (including phenoxy) is 3. The molecule has 2 fully saturated rings. The molecular weight excluding hydrogens is 330 g/mol. The van der Waals surface area contributed by atoms with E-state index in [4.69, 9.17) is 18.4 Å². The zero-order valence-corrected chi connectivity index (χ0v) is 13.4. The molecule has 0 saturated carbocycles. The molecule has 0 aromatic carbocycles. The molecule has 0 radical (unpaired) electrons. The molecule has 0 N–H and O–H groups in total. The number of carbonyl (C=O) groups is 1. The summed E-state index contributed by atoms with van der Waals surface area (Å²) in [6.45, 7) is 2.31. The Labute approximate surface area is 132 Å². The topological polar surface area (TPSA) is 119 Å². The predicted octanol–water partition coefficient (Wildman–Crippen LogP) is -0.862. The van der Waals surface area contributed by atoms with Crippen molar-refractivity contribution in [3.8, 4) is 0 Å². The fourth-order valence-electron chi connectivity index (χ4n) is 2.72. The van der Waals surface area contributed by atoms with Crippen LogP contribution in [0.1, 0.15) is 23.5 Å². The van der Waals surface area contributed by atoms with Gasteiger partial charge in [0, 0.05) is 0 Å². The third-order valence-corrected chi connectivity index (χ3v) is 4.21. The Morgan fingerprint density at radius 2 is 2.13 bits per heavy atom. The summed E-state index contributed by atoms with van der Waals surface area (Å²) in [6, 6.07) is -0.316. The van der Waals surface area contributed by atoms with Crippen molar-refractivity contribution in [3.05, 3.63) is 11.9 Å². The lowest BCUT2D eigenvalue weighted by molar-refractivity contribution is 0.0329. The Bertz CT molecular complexity index is 689. The molecule has 11 heteroatoms. The number of nitrogens with zero attached hydrogens (tertiary/aromatic N) is 3. The zero-order valence-electron chi connectivity index (χ0n) is 12.6. The van der Waals surface area contributed by atoms with E-state index in [9.17, 15) is 13.2 Å². The summed E-state index contributed by atoms with van der Waals surface area (Å²) < 4.78 is 45.0. The first kappa shape index (κ1) is 16.3. The highest BCUT2D eigenvalue weighted by Gasteiger charge is 2.50. The van der Waals surface area contributed by atoms with Gasteiger partial charge in [-0.2, -0.15) is 8.42 Å². The molecule has 0 unspecified atom stereocenters. The summed E-state index contributed by atoms with van der Waals surface area (Å²) in [7, 11) is -3.60. The van der Waals surface area contributed by atoms with Gasteiger partial charge in [0.1, 0.15) is 24.4 Å². The van der Waals surface area contributed by atoms with E-state index in [0.717, 1.165) is 6.26 Å². The number of hydrogen-bond donors (Lipinski definition) is 0. The minimum Gasteiger partial charge on any atom is -0.461 e. The number of fused-ring (bicyclic) bond motifs is 1. The number of esters is 1. The maximum absolute atomic E-state index is 11.6. The third-order valence-electron chi connectivity index (χ3n) is 3.61. The number of rotatable bonds is 5. The van der Waals surface area contributed by atoms with Crippen LogP contribution >= 0.6 is 0 Å². The van der Waals surface area contributed by atoms with E-state index in [2.05, 4.69) is 10.3 Å². The Morgan fingerprint density at radius 3 is 2.83 bits per heavy atom.